The number of aliphatic hydroxyl groups is 1. The van der Waals surface area contributed by atoms with Crippen molar-refractivity contribution in [2.75, 3.05) is 39.3 Å². The number of hydrogen-bond donors (Lipinski definition) is 1. The molecule has 1 fully saturated rings. The molecule has 0 aromatic heterocycles. The number of benzene rings is 1. The second-order valence-electron chi connectivity index (χ2n) is 5.18. The molecule has 1 aliphatic heterocycles. The van der Waals surface area contributed by atoms with E-state index < -0.39 is 0 Å². The van der Waals surface area contributed by atoms with Crippen molar-refractivity contribution in [2.45, 2.75) is 19.4 Å². The van der Waals surface area contributed by atoms with Crippen LogP contribution in [0.15, 0.2) is 24.3 Å². The molecule has 0 radical (unpaired) electrons. The maximum atomic E-state index is 8.86. The maximum absolute atomic E-state index is 8.86. The van der Waals surface area contributed by atoms with Crippen molar-refractivity contribution in [3.63, 3.8) is 0 Å². The summed E-state index contributed by atoms with van der Waals surface area (Å²) >= 11 is 5.93. The minimum absolute atomic E-state index is 0.293. The fourth-order valence-electron chi connectivity index (χ4n) is 2.62. The van der Waals surface area contributed by atoms with Crippen LogP contribution in [-0.4, -0.2) is 54.2 Å². The van der Waals surface area contributed by atoms with Crippen molar-refractivity contribution in [3.05, 3.63) is 34.9 Å². The van der Waals surface area contributed by atoms with Crippen LogP contribution < -0.4 is 0 Å². The normalized spacial score (nSPS) is 19.5. The molecule has 1 aliphatic rings. The lowest BCUT2D eigenvalue weighted by Crippen LogP contribution is -2.47. The van der Waals surface area contributed by atoms with Crippen molar-refractivity contribution in [1.29, 1.82) is 0 Å². The Balaban J connectivity index is 1.85. The number of halogens is 1. The van der Waals surface area contributed by atoms with E-state index in [1.807, 2.05) is 12.1 Å². The largest absolute Gasteiger partial charge is 0.396 e. The molecular weight excluding hydrogens is 260 g/mol. The van der Waals surface area contributed by atoms with Crippen LogP contribution in [-0.2, 0) is 0 Å². The van der Waals surface area contributed by atoms with E-state index in [9.17, 15) is 0 Å². The van der Waals surface area contributed by atoms with Gasteiger partial charge in [0.1, 0.15) is 0 Å². The van der Waals surface area contributed by atoms with E-state index in [0.717, 1.165) is 44.2 Å². The van der Waals surface area contributed by atoms with Gasteiger partial charge in [-0.2, -0.15) is 0 Å². The second kappa shape index (κ2) is 7.25. The minimum Gasteiger partial charge on any atom is -0.396 e. The van der Waals surface area contributed by atoms with Crippen molar-refractivity contribution in [1.82, 2.24) is 9.80 Å². The van der Waals surface area contributed by atoms with Gasteiger partial charge in [0.15, 0.2) is 0 Å². The molecule has 1 saturated heterocycles. The van der Waals surface area contributed by atoms with Crippen LogP contribution in [0.25, 0.3) is 0 Å². The molecule has 1 heterocycles. The van der Waals surface area contributed by atoms with Crippen LogP contribution >= 0.6 is 11.6 Å². The minimum atomic E-state index is 0.293. The van der Waals surface area contributed by atoms with Gasteiger partial charge in [-0.25, -0.2) is 0 Å². The molecule has 4 heteroatoms. The van der Waals surface area contributed by atoms with Crippen molar-refractivity contribution < 1.29 is 5.11 Å². The van der Waals surface area contributed by atoms with Gasteiger partial charge in [-0.05, 0) is 31.0 Å². The third-order valence-corrected chi connectivity index (χ3v) is 4.19. The highest BCUT2D eigenvalue weighted by Gasteiger charge is 2.21. The maximum Gasteiger partial charge on any atom is 0.0443 e. The van der Waals surface area contributed by atoms with Gasteiger partial charge in [0.05, 0.1) is 0 Å². The van der Waals surface area contributed by atoms with Gasteiger partial charge in [0.25, 0.3) is 0 Å². The number of nitrogens with zero attached hydrogens (tertiary/aromatic N) is 2. The topological polar surface area (TPSA) is 26.7 Å². The Bertz CT molecular complexity index is 374. The first-order valence-corrected chi connectivity index (χ1v) is 7.41. The molecule has 1 N–H and O–H groups in total. The van der Waals surface area contributed by atoms with Crippen LogP contribution in [0, 0.1) is 0 Å². The molecule has 0 saturated carbocycles. The highest BCUT2D eigenvalue weighted by molar-refractivity contribution is 6.30. The molecule has 1 aromatic carbocycles. The van der Waals surface area contributed by atoms with E-state index in [-0.39, 0.29) is 0 Å². The predicted molar refractivity (Wildman–Crippen MR) is 79.6 cm³/mol. The molecule has 1 aromatic rings. The summed E-state index contributed by atoms with van der Waals surface area (Å²) < 4.78 is 0. The van der Waals surface area contributed by atoms with Crippen LogP contribution in [0.1, 0.15) is 24.9 Å². The van der Waals surface area contributed by atoms with E-state index in [2.05, 4.69) is 28.9 Å². The zero-order valence-electron chi connectivity index (χ0n) is 11.6. The molecule has 19 heavy (non-hydrogen) atoms. The quantitative estimate of drug-likeness (QED) is 0.898. The Hall–Kier alpha value is -0.610. The van der Waals surface area contributed by atoms with Crippen LogP contribution in [0.5, 0.6) is 0 Å². The third kappa shape index (κ3) is 4.18. The average Bonchev–Trinajstić information content (AvgIpc) is 2.46. The van der Waals surface area contributed by atoms with Crippen LogP contribution in [0.2, 0.25) is 5.02 Å². The summed E-state index contributed by atoms with van der Waals surface area (Å²) in [4.78, 5) is 4.94. The second-order valence-corrected chi connectivity index (χ2v) is 5.62. The summed E-state index contributed by atoms with van der Waals surface area (Å²) in [5, 5.41) is 9.66. The highest BCUT2D eigenvalue weighted by atomic mass is 35.5. The molecule has 0 spiro atoms. The lowest BCUT2D eigenvalue weighted by atomic mass is 10.1. The fourth-order valence-corrected chi connectivity index (χ4v) is 2.75. The van der Waals surface area contributed by atoms with Gasteiger partial charge in [-0.3, -0.25) is 4.90 Å². The molecule has 3 nitrogen and oxygen atoms in total. The van der Waals surface area contributed by atoms with Crippen LogP contribution in [0.3, 0.4) is 0 Å². The summed E-state index contributed by atoms with van der Waals surface area (Å²) in [7, 11) is 0. The summed E-state index contributed by atoms with van der Waals surface area (Å²) in [6, 6.07) is 8.60. The van der Waals surface area contributed by atoms with Crippen molar-refractivity contribution in [3.8, 4) is 0 Å². The lowest BCUT2D eigenvalue weighted by molar-refractivity contribution is 0.0972. The average molecular weight is 283 g/mol. The molecule has 0 aliphatic carbocycles. The van der Waals surface area contributed by atoms with E-state index in [1.165, 1.54) is 5.56 Å². The van der Waals surface area contributed by atoms with E-state index >= 15 is 0 Å². The van der Waals surface area contributed by atoms with Gasteiger partial charge in [-0.15, -0.1) is 0 Å². The number of piperazine rings is 1. The van der Waals surface area contributed by atoms with Gasteiger partial charge in [0.2, 0.25) is 0 Å². The summed E-state index contributed by atoms with van der Waals surface area (Å²) in [5.41, 5.74) is 1.33. The summed E-state index contributed by atoms with van der Waals surface area (Å²) in [6.45, 7) is 7.94. The third-order valence-electron chi connectivity index (χ3n) is 3.94. The van der Waals surface area contributed by atoms with Crippen molar-refractivity contribution >= 4 is 11.6 Å². The Morgan fingerprint density at radius 2 is 1.79 bits per heavy atom. The van der Waals surface area contributed by atoms with E-state index in [1.54, 1.807) is 0 Å². The number of rotatable bonds is 5. The van der Waals surface area contributed by atoms with E-state index in [0.29, 0.717) is 12.6 Å². The lowest BCUT2D eigenvalue weighted by Gasteiger charge is -2.38. The molecule has 1 atom stereocenters. The van der Waals surface area contributed by atoms with Crippen LogP contribution in [0.4, 0.5) is 0 Å². The zero-order chi connectivity index (χ0) is 13.7. The first-order valence-electron chi connectivity index (χ1n) is 7.03. The first-order chi connectivity index (χ1) is 9.20. The highest BCUT2D eigenvalue weighted by Crippen LogP contribution is 2.23. The number of aliphatic hydroxyl groups excluding tert-OH is 1. The van der Waals surface area contributed by atoms with Gasteiger partial charge < -0.3 is 10.0 Å². The molecule has 106 valence electrons. The van der Waals surface area contributed by atoms with Gasteiger partial charge >= 0.3 is 0 Å². The molecule has 0 amide bonds. The summed E-state index contributed by atoms with van der Waals surface area (Å²) in [5.74, 6) is 0. The summed E-state index contributed by atoms with van der Waals surface area (Å²) in [6.07, 6.45) is 0.882. The first kappa shape index (κ1) is 14.8. The van der Waals surface area contributed by atoms with Gasteiger partial charge in [-0.1, -0.05) is 23.7 Å². The Morgan fingerprint density at radius 3 is 2.37 bits per heavy atom. The predicted octanol–water partition coefficient (Wildman–Crippen LogP) is 2.40. The zero-order valence-corrected chi connectivity index (χ0v) is 12.3. The molecule has 0 bridgehead atoms. The fraction of sp³-hybridized carbons (Fsp3) is 0.600. The smallest absolute Gasteiger partial charge is 0.0443 e. The SMILES string of the molecule is CC(c1ccc(Cl)cc1)N1CCN(CCCO)CC1. The Labute approximate surface area is 120 Å². The van der Waals surface area contributed by atoms with E-state index in [4.69, 9.17) is 16.7 Å². The monoisotopic (exact) mass is 282 g/mol. The number of hydrogen-bond acceptors (Lipinski definition) is 3. The van der Waals surface area contributed by atoms with Crippen molar-refractivity contribution in [2.24, 2.45) is 0 Å². The molecule has 1 unspecified atom stereocenters. The Morgan fingerprint density at radius 1 is 1.16 bits per heavy atom. The van der Waals surface area contributed by atoms with Gasteiger partial charge in [0, 0.05) is 50.4 Å². The molecule has 2 rings (SSSR count). The molecular formula is C15H23ClN2O. The Kier molecular flexibility index (Phi) is 5.64. The standard InChI is InChI=1S/C15H23ClN2O/c1-13(14-3-5-15(16)6-4-14)18-10-8-17(9-11-18)7-2-12-19/h3-6,13,19H,2,7-12H2,1H3.